The van der Waals surface area contributed by atoms with E-state index in [1.54, 1.807) is 12.1 Å². The van der Waals surface area contributed by atoms with Gasteiger partial charge in [-0.1, -0.05) is 42.5 Å². The van der Waals surface area contributed by atoms with E-state index in [-0.39, 0.29) is 21.8 Å². The van der Waals surface area contributed by atoms with Crippen molar-refractivity contribution in [3.05, 3.63) is 22.2 Å². The Morgan fingerprint density at radius 2 is 1.90 bits per heavy atom. The molecule has 6 heteroatoms. The molecule has 20 heavy (non-hydrogen) atoms. The van der Waals surface area contributed by atoms with Crippen molar-refractivity contribution < 1.29 is 13.5 Å². The van der Waals surface area contributed by atoms with Crippen LogP contribution in [0.15, 0.2) is 12.1 Å². The quantitative estimate of drug-likeness (QED) is 0.737. The largest absolute Gasteiger partial charge is 0.432 e. The van der Waals surface area contributed by atoms with Gasteiger partial charge in [-0.2, -0.15) is 8.78 Å². The molecule has 1 aliphatic rings. The van der Waals surface area contributed by atoms with Crippen molar-refractivity contribution in [3.8, 4) is 5.75 Å². The Balaban J connectivity index is 2.01. The van der Waals surface area contributed by atoms with Gasteiger partial charge in [0.1, 0.15) is 0 Å². The molecular formula is C14H17Cl2F2NO. The molecule has 2 nitrogen and oxygen atoms in total. The molecule has 1 saturated carbocycles. The lowest BCUT2D eigenvalue weighted by molar-refractivity contribution is -0.0497. The van der Waals surface area contributed by atoms with Crippen molar-refractivity contribution in [2.24, 2.45) is 5.92 Å². The molecule has 0 radical (unpaired) electrons. The first kappa shape index (κ1) is 15.6. The van der Waals surface area contributed by atoms with Gasteiger partial charge >= 0.3 is 6.61 Å². The van der Waals surface area contributed by atoms with Gasteiger partial charge in [0.05, 0.1) is 10.0 Å². The van der Waals surface area contributed by atoms with Gasteiger partial charge in [-0.15, -0.1) is 0 Å². The highest BCUT2D eigenvalue weighted by atomic mass is 35.5. The van der Waals surface area contributed by atoms with Crippen LogP contribution in [0.5, 0.6) is 5.75 Å². The molecule has 0 amide bonds. The molecule has 1 aromatic carbocycles. The lowest BCUT2D eigenvalue weighted by Gasteiger charge is -2.29. The van der Waals surface area contributed by atoms with Gasteiger partial charge in [0, 0.05) is 11.7 Å². The second-order valence-electron chi connectivity index (χ2n) is 5.23. The predicted octanol–water partition coefficient (Wildman–Crippen LogP) is 5.59. The van der Waals surface area contributed by atoms with Gasteiger partial charge in [-0.3, -0.25) is 0 Å². The summed E-state index contributed by atoms with van der Waals surface area (Å²) in [6.45, 7) is -0.856. The molecule has 1 unspecified atom stereocenters. The van der Waals surface area contributed by atoms with Crippen LogP contribution in [0.3, 0.4) is 0 Å². The standard InChI is InChI=1S/C14H17Cl2F2NO/c1-8(5-9-3-2-4-9)19-10-6-11(15)13(12(16)7-10)20-14(17)18/h6-9,14,19H,2-5H2,1H3. The molecule has 0 aliphatic heterocycles. The molecule has 1 aliphatic carbocycles. The average Bonchev–Trinajstić information content (AvgIpc) is 2.28. The fourth-order valence-electron chi connectivity index (χ4n) is 2.42. The van der Waals surface area contributed by atoms with E-state index >= 15 is 0 Å². The SMILES string of the molecule is CC(CC1CCC1)Nc1cc(Cl)c(OC(F)F)c(Cl)c1. The van der Waals surface area contributed by atoms with Crippen molar-refractivity contribution in [2.45, 2.75) is 45.3 Å². The molecule has 0 saturated heterocycles. The Morgan fingerprint density at radius 3 is 2.35 bits per heavy atom. The van der Waals surface area contributed by atoms with E-state index in [1.807, 2.05) is 0 Å². The molecule has 0 heterocycles. The van der Waals surface area contributed by atoms with E-state index < -0.39 is 6.61 Å². The number of anilines is 1. The maximum Gasteiger partial charge on any atom is 0.387 e. The molecule has 1 fully saturated rings. The first-order valence-electron chi connectivity index (χ1n) is 6.66. The van der Waals surface area contributed by atoms with Crippen LogP contribution in [0.4, 0.5) is 14.5 Å². The van der Waals surface area contributed by atoms with Crippen LogP contribution < -0.4 is 10.1 Å². The Labute approximate surface area is 127 Å². The first-order valence-corrected chi connectivity index (χ1v) is 7.41. The molecule has 0 aromatic heterocycles. The topological polar surface area (TPSA) is 21.3 Å². The fraction of sp³-hybridized carbons (Fsp3) is 0.571. The summed E-state index contributed by atoms with van der Waals surface area (Å²) in [6.07, 6.45) is 4.97. The maximum atomic E-state index is 12.2. The Bertz CT molecular complexity index is 443. The second-order valence-corrected chi connectivity index (χ2v) is 6.04. The third-order valence-electron chi connectivity index (χ3n) is 3.53. The third-order valence-corrected chi connectivity index (χ3v) is 4.09. The lowest BCUT2D eigenvalue weighted by Crippen LogP contribution is -2.23. The molecular weight excluding hydrogens is 307 g/mol. The maximum absolute atomic E-state index is 12.2. The average molecular weight is 324 g/mol. The van der Waals surface area contributed by atoms with Crippen LogP contribution in [0, 0.1) is 5.92 Å². The van der Waals surface area contributed by atoms with Crippen LogP contribution >= 0.6 is 23.2 Å². The Kier molecular flexibility index (Phi) is 5.33. The van der Waals surface area contributed by atoms with E-state index in [2.05, 4.69) is 17.0 Å². The van der Waals surface area contributed by atoms with Gasteiger partial charge in [-0.25, -0.2) is 0 Å². The predicted molar refractivity (Wildman–Crippen MR) is 78.1 cm³/mol. The van der Waals surface area contributed by atoms with Gasteiger partial charge in [0.2, 0.25) is 0 Å². The van der Waals surface area contributed by atoms with E-state index in [4.69, 9.17) is 23.2 Å². The lowest BCUT2D eigenvalue weighted by atomic mass is 9.81. The van der Waals surface area contributed by atoms with Crippen LogP contribution in [0.1, 0.15) is 32.6 Å². The number of benzene rings is 1. The van der Waals surface area contributed by atoms with Crippen LogP contribution in [0.25, 0.3) is 0 Å². The third kappa shape index (κ3) is 4.13. The number of nitrogens with one attached hydrogen (secondary N) is 1. The van der Waals surface area contributed by atoms with Gasteiger partial charge < -0.3 is 10.1 Å². The van der Waals surface area contributed by atoms with E-state index in [1.165, 1.54) is 19.3 Å². The summed E-state index contributed by atoms with van der Waals surface area (Å²) < 4.78 is 28.8. The van der Waals surface area contributed by atoms with Crippen molar-refractivity contribution in [2.75, 3.05) is 5.32 Å². The summed E-state index contributed by atoms with van der Waals surface area (Å²) in [6, 6.07) is 3.40. The molecule has 2 rings (SSSR count). The van der Waals surface area contributed by atoms with E-state index in [0.717, 1.165) is 12.3 Å². The highest BCUT2D eigenvalue weighted by molar-refractivity contribution is 6.37. The van der Waals surface area contributed by atoms with Gasteiger partial charge in [0.15, 0.2) is 5.75 Å². The Morgan fingerprint density at radius 1 is 1.30 bits per heavy atom. The Hall–Kier alpha value is -0.740. The monoisotopic (exact) mass is 323 g/mol. The van der Waals surface area contributed by atoms with Crippen molar-refractivity contribution in [1.82, 2.24) is 0 Å². The number of alkyl halides is 2. The molecule has 1 N–H and O–H groups in total. The zero-order valence-electron chi connectivity index (χ0n) is 11.1. The summed E-state index contributed by atoms with van der Waals surface area (Å²) in [5.41, 5.74) is 0.716. The van der Waals surface area contributed by atoms with Crippen LogP contribution in [-0.4, -0.2) is 12.7 Å². The number of rotatable bonds is 6. The van der Waals surface area contributed by atoms with E-state index in [0.29, 0.717) is 5.69 Å². The van der Waals surface area contributed by atoms with Gasteiger partial charge in [-0.05, 0) is 31.4 Å². The summed E-state index contributed by atoms with van der Waals surface area (Å²) in [7, 11) is 0. The minimum Gasteiger partial charge on any atom is -0.432 e. The summed E-state index contributed by atoms with van der Waals surface area (Å²) in [5.74, 6) is 0.602. The number of hydrogen-bond donors (Lipinski definition) is 1. The summed E-state index contributed by atoms with van der Waals surface area (Å²) in [4.78, 5) is 0. The second kappa shape index (κ2) is 6.81. The van der Waals surface area contributed by atoms with Crippen LogP contribution in [-0.2, 0) is 0 Å². The zero-order valence-corrected chi connectivity index (χ0v) is 12.6. The van der Waals surface area contributed by atoms with Crippen molar-refractivity contribution >= 4 is 28.9 Å². The highest BCUT2D eigenvalue weighted by Gasteiger charge is 2.20. The molecule has 0 bridgehead atoms. The first-order chi connectivity index (χ1) is 9.45. The van der Waals surface area contributed by atoms with E-state index in [9.17, 15) is 8.78 Å². The molecule has 0 spiro atoms. The summed E-state index contributed by atoms with van der Waals surface area (Å²) >= 11 is 11.8. The minimum absolute atomic E-state index is 0.0798. The number of ether oxygens (including phenoxy) is 1. The number of halogens is 4. The summed E-state index contributed by atoms with van der Waals surface area (Å²) in [5, 5.41) is 3.45. The normalized spacial score (nSPS) is 16.9. The van der Waals surface area contributed by atoms with Gasteiger partial charge in [0.25, 0.3) is 0 Å². The van der Waals surface area contributed by atoms with Crippen molar-refractivity contribution in [1.29, 1.82) is 0 Å². The highest BCUT2D eigenvalue weighted by Crippen LogP contribution is 2.37. The number of hydrogen-bond acceptors (Lipinski definition) is 2. The molecule has 112 valence electrons. The molecule has 1 aromatic rings. The minimum atomic E-state index is -2.94. The fourth-order valence-corrected chi connectivity index (χ4v) is 2.99. The van der Waals surface area contributed by atoms with Crippen LogP contribution in [0.2, 0.25) is 10.0 Å². The smallest absolute Gasteiger partial charge is 0.387 e. The molecule has 1 atom stereocenters. The zero-order chi connectivity index (χ0) is 14.7. The van der Waals surface area contributed by atoms with Crippen molar-refractivity contribution in [3.63, 3.8) is 0 Å².